The molecule has 2 rings (SSSR count). The van der Waals surface area contributed by atoms with E-state index in [2.05, 4.69) is 42.0 Å². The first-order valence-corrected chi connectivity index (χ1v) is 8.26. The Hall–Kier alpha value is -1.38. The van der Waals surface area contributed by atoms with Crippen LogP contribution in [-0.4, -0.2) is 55.1 Å². The summed E-state index contributed by atoms with van der Waals surface area (Å²) >= 11 is 0. The van der Waals surface area contributed by atoms with Crippen molar-refractivity contribution in [3.63, 3.8) is 0 Å². The molecule has 0 aromatic heterocycles. The van der Waals surface area contributed by atoms with Crippen LogP contribution in [0.4, 0.5) is 0 Å². The minimum atomic E-state index is -0.547. The van der Waals surface area contributed by atoms with Gasteiger partial charge in [0.25, 0.3) is 0 Å². The molecule has 1 aromatic carbocycles. The van der Waals surface area contributed by atoms with Crippen molar-refractivity contribution in [3.05, 3.63) is 35.4 Å². The van der Waals surface area contributed by atoms with Gasteiger partial charge in [-0.05, 0) is 25.3 Å². The lowest BCUT2D eigenvalue weighted by Crippen LogP contribution is -2.39. The molecule has 0 saturated carbocycles. The molecule has 23 heavy (non-hydrogen) atoms. The van der Waals surface area contributed by atoms with Gasteiger partial charge in [0.05, 0.1) is 18.8 Å². The molecule has 0 spiro atoms. The van der Waals surface area contributed by atoms with Crippen LogP contribution in [0.5, 0.6) is 0 Å². The van der Waals surface area contributed by atoms with Crippen LogP contribution in [0.2, 0.25) is 0 Å². The van der Waals surface area contributed by atoms with Crippen LogP contribution in [0.25, 0.3) is 0 Å². The molecule has 0 radical (unpaired) electrons. The van der Waals surface area contributed by atoms with Gasteiger partial charge >= 0.3 is 0 Å². The van der Waals surface area contributed by atoms with Crippen LogP contribution in [-0.2, 0) is 16.0 Å². The normalized spacial score (nSPS) is 19.0. The van der Waals surface area contributed by atoms with Crippen LogP contribution in [0, 0.1) is 19.3 Å². The van der Waals surface area contributed by atoms with Gasteiger partial charge in [0.15, 0.2) is 0 Å². The number of benzene rings is 1. The van der Waals surface area contributed by atoms with Crippen LogP contribution < -0.4 is 0 Å². The minimum absolute atomic E-state index is 0.237. The summed E-state index contributed by atoms with van der Waals surface area (Å²) < 4.78 is 11.0. The Labute approximate surface area is 139 Å². The average Bonchev–Trinajstić information content (AvgIpc) is 3.00. The van der Waals surface area contributed by atoms with Crippen LogP contribution in [0.3, 0.4) is 0 Å². The molecule has 1 saturated heterocycles. The molecule has 126 valence electrons. The SMILES string of the molecule is C#CCOC[C@@H](O)CN(Cc1cccc(C)c1)C[C@@H]1CCCO1. The van der Waals surface area contributed by atoms with E-state index >= 15 is 0 Å². The highest BCUT2D eigenvalue weighted by Gasteiger charge is 2.21. The number of rotatable bonds is 9. The first-order chi connectivity index (χ1) is 11.2. The maximum atomic E-state index is 10.2. The number of aryl methyl sites for hydroxylation is 1. The summed E-state index contributed by atoms with van der Waals surface area (Å²) in [6, 6.07) is 8.47. The van der Waals surface area contributed by atoms with Gasteiger partial charge in [-0.3, -0.25) is 4.90 Å². The number of terminal acetylenes is 1. The predicted octanol–water partition coefficient (Wildman–Crippen LogP) is 1.99. The monoisotopic (exact) mass is 317 g/mol. The molecular formula is C19H27NO3. The van der Waals surface area contributed by atoms with E-state index in [0.717, 1.165) is 32.5 Å². The fourth-order valence-corrected chi connectivity index (χ4v) is 2.95. The third kappa shape index (κ3) is 6.72. The second-order valence-corrected chi connectivity index (χ2v) is 6.19. The highest BCUT2D eigenvalue weighted by atomic mass is 16.5. The quantitative estimate of drug-likeness (QED) is 0.559. The van der Waals surface area contributed by atoms with Crippen LogP contribution >= 0.6 is 0 Å². The van der Waals surface area contributed by atoms with Gasteiger partial charge < -0.3 is 14.6 Å². The maximum absolute atomic E-state index is 10.2. The van der Waals surface area contributed by atoms with Crippen molar-refractivity contribution in [3.8, 4) is 12.3 Å². The molecule has 0 aliphatic carbocycles. The summed E-state index contributed by atoms with van der Waals surface area (Å²) in [4.78, 5) is 2.24. The third-order valence-corrected chi connectivity index (χ3v) is 3.94. The molecule has 1 aliphatic heterocycles. The summed E-state index contributed by atoms with van der Waals surface area (Å²) in [7, 11) is 0. The number of ether oxygens (including phenoxy) is 2. The number of aliphatic hydroxyl groups is 1. The second-order valence-electron chi connectivity index (χ2n) is 6.19. The summed E-state index contributed by atoms with van der Waals surface area (Å²) in [6.45, 7) is 5.63. The van der Waals surface area contributed by atoms with Gasteiger partial charge in [-0.25, -0.2) is 0 Å². The predicted molar refractivity (Wildman–Crippen MR) is 91.1 cm³/mol. The number of nitrogens with zero attached hydrogens (tertiary/aromatic N) is 1. The zero-order valence-electron chi connectivity index (χ0n) is 13.9. The first kappa shape index (κ1) is 18.0. The molecule has 2 atom stereocenters. The van der Waals surface area contributed by atoms with E-state index < -0.39 is 6.10 Å². The zero-order chi connectivity index (χ0) is 16.5. The molecular weight excluding hydrogens is 290 g/mol. The Morgan fingerprint density at radius 2 is 2.39 bits per heavy atom. The third-order valence-electron chi connectivity index (χ3n) is 3.94. The molecule has 1 N–H and O–H groups in total. The highest BCUT2D eigenvalue weighted by molar-refractivity contribution is 5.22. The van der Waals surface area contributed by atoms with Crippen molar-refractivity contribution >= 4 is 0 Å². The molecule has 1 heterocycles. The van der Waals surface area contributed by atoms with Gasteiger partial charge in [0.1, 0.15) is 6.61 Å². The maximum Gasteiger partial charge on any atom is 0.107 e. The Balaban J connectivity index is 1.91. The van der Waals surface area contributed by atoms with Crippen molar-refractivity contribution in [1.82, 2.24) is 4.90 Å². The zero-order valence-corrected chi connectivity index (χ0v) is 13.9. The molecule has 1 aliphatic rings. The molecule has 0 amide bonds. The van der Waals surface area contributed by atoms with E-state index in [0.29, 0.717) is 6.54 Å². The smallest absolute Gasteiger partial charge is 0.107 e. The standard InChI is InChI=1S/C19H27NO3/c1-3-9-22-15-18(21)13-20(14-19-8-5-10-23-19)12-17-7-4-6-16(2)11-17/h1,4,6-7,11,18-19,21H,5,8-10,12-15H2,2H3/t18-,19-/m0/s1. The van der Waals surface area contributed by atoms with E-state index in [1.807, 2.05) is 0 Å². The summed E-state index contributed by atoms with van der Waals surface area (Å²) in [5.74, 6) is 2.41. The highest BCUT2D eigenvalue weighted by Crippen LogP contribution is 2.16. The van der Waals surface area contributed by atoms with Crippen molar-refractivity contribution in [1.29, 1.82) is 0 Å². The molecule has 1 fully saturated rings. The summed E-state index contributed by atoms with van der Waals surface area (Å²) in [5.41, 5.74) is 2.50. The molecule has 4 nitrogen and oxygen atoms in total. The van der Waals surface area contributed by atoms with Crippen LogP contribution in [0.15, 0.2) is 24.3 Å². The van der Waals surface area contributed by atoms with Crippen molar-refractivity contribution in [2.45, 2.75) is 38.5 Å². The topological polar surface area (TPSA) is 41.9 Å². The molecule has 1 aromatic rings. The lowest BCUT2D eigenvalue weighted by molar-refractivity contribution is 0.00955. The van der Waals surface area contributed by atoms with Crippen LogP contribution in [0.1, 0.15) is 24.0 Å². The first-order valence-electron chi connectivity index (χ1n) is 8.26. The van der Waals surface area contributed by atoms with Gasteiger partial charge in [-0.2, -0.15) is 0 Å². The van der Waals surface area contributed by atoms with E-state index in [9.17, 15) is 5.11 Å². The lowest BCUT2D eigenvalue weighted by Gasteiger charge is -2.27. The fourth-order valence-electron chi connectivity index (χ4n) is 2.95. The van der Waals surface area contributed by atoms with E-state index in [-0.39, 0.29) is 19.3 Å². The molecule has 0 bridgehead atoms. The van der Waals surface area contributed by atoms with Crippen molar-refractivity contribution in [2.24, 2.45) is 0 Å². The van der Waals surface area contributed by atoms with E-state index in [1.165, 1.54) is 11.1 Å². The average molecular weight is 317 g/mol. The summed E-state index contributed by atoms with van der Waals surface area (Å²) in [5, 5.41) is 10.2. The number of hydrogen-bond donors (Lipinski definition) is 1. The fraction of sp³-hybridized carbons (Fsp3) is 0.579. The lowest BCUT2D eigenvalue weighted by atomic mass is 10.1. The Morgan fingerprint density at radius 1 is 1.52 bits per heavy atom. The Morgan fingerprint density at radius 3 is 3.09 bits per heavy atom. The summed E-state index contributed by atoms with van der Waals surface area (Å²) in [6.07, 6.45) is 7.09. The van der Waals surface area contributed by atoms with Gasteiger partial charge in [0.2, 0.25) is 0 Å². The van der Waals surface area contributed by atoms with Gasteiger partial charge in [-0.15, -0.1) is 6.42 Å². The largest absolute Gasteiger partial charge is 0.389 e. The number of hydrogen-bond acceptors (Lipinski definition) is 4. The second kappa shape index (κ2) is 9.69. The van der Waals surface area contributed by atoms with Gasteiger partial charge in [0, 0.05) is 26.2 Å². The van der Waals surface area contributed by atoms with E-state index in [1.54, 1.807) is 0 Å². The molecule has 4 heteroatoms. The minimum Gasteiger partial charge on any atom is -0.389 e. The van der Waals surface area contributed by atoms with Crippen molar-refractivity contribution in [2.75, 3.05) is 32.9 Å². The Kier molecular flexibility index (Phi) is 7.57. The van der Waals surface area contributed by atoms with Crippen molar-refractivity contribution < 1.29 is 14.6 Å². The van der Waals surface area contributed by atoms with Gasteiger partial charge in [-0.1, -0.05) is 35.7 Å². The Bertz CT molecular complexity index is 506. The van der Waals surface area contributed by atoms with E-state index in [4.69, 9.17) is 15.9 Å². The molecule has 0 unspecified atom stereocenters. The number of aliphatic hydroxyl groups excluding tert-OH is 1.